The third-order valence-electron chi connectivity index (χ3n) is 2.68. The first-order valence-corrected chi connectivity index (χ1v) is 6.17. The predicted octanol–water partition coefficient (Wildman–Crippen LogP) is 2.32. The summed E-state index contributed by atoms with van der Waals surface area (Å²) in [4.78, 5) is 22.3. The van der Waals surface area contributed by atoms with E-state index in [2.05, 4.69) is 5.32 Å². The van der Waals surface area contributed by atoms with Crippen LogP contribution in [0.1, 0.15) is 40.0 Å². The van der Waals surface area contributed by atoms with E-state index in [0.29, 0.717) is 18.5 Å². The van der Waals surface area contributed by atoms with Gasteiger partial charge in [0.1, 0.15) is 5.60 Å². The van der Waals surface area contributed by atoms with Crippen LogP contribution < -0.4 is 5.32 Å². The highest BCUT2D eigenvalue weighted by atomic mass is 16.6. The van der Waals surface area contributed by atoms with Crippen molar-refractivity contribution in [3.63, 3.8) is 0 Å². The molecule has 0 saturated carbocycles. The van der Waals surface area contributed by atoms with E-state index in [9.17, 15) is 9.59 Å². The highest BCUT2D eigenvalue weighted by Crippen LogP contribution is 2.23. The Morgan fingerprint density at radius 3 is 2.72 bits per heavy atom. The van der Waals surface area contributed by atoms with Gasteiger partial charge in [-0.3, -0.25) is 0 Å². The molecule has 0 radical (unpaired) electrons. The Morgan fingerprint density at radius 2 is 2.17 bits per heavy atom. The van der Waals surface area contributed by atoms with E-state index in [1.807, 2.05) is 0 Å². The molecule has 0 aliphatic heterocycles. The molecule has 2 N–H and O–H groups in total. The van der Waals surface area contributed by atoms with Gasteiger partial charge in [-0.25, -0.2) is 9.59 Å². The minimum Gasteiger partial charge on any atom is -0.478 e. The van der Waals surface area contributed by atoms with Crippen molar-refractivity contribution in [2.24, 2.45) is 5.92 Å². The molecule has 0 saturated heterocycles. The van der Waals surface area contributed by atoms with Crippen LogP contribution in [0.25, 0.3) is 0 Å². The third-order valence-corrected chi connectivity index (χ3v) is 2.68. The molecule has 0 aromatic heterocycles. The molecule has 0 aromatic carbocycles. The standard InChI is InChI=1S/C13H21NO4/c1-13(2,3)18-12(17)14-8-9-5-4-6-10(7-9)11(15)16/h6,9H,4-5,7-8H2,1-3H3,(H,14,17)(H,15,16)/t9-/m0/s1. The van der Waals surface area contributed by atoms with Crippen molar-refractivity contribution >= 4 is 12.1 Å². The molecular weight excluding hydrogens is 234 g/mol. The molecule has 1 aliphatic carbocycles. The van der Waals surface area contributed by atoms with Crippen LogP contribution in [0.15, 0.2) is 11.6 Å². The van der Waals surface area contributed by atoms with Crippen LogP contribution in [-0.2, 0) is 9.53 Å². The first kappa shape index (κ1) is 14.5. The molecule has 1 aliphatic rings. The molecule has 102 valence electrons. The summed E-state index contributed by atoms with van der Waals surface area (Å²) in [6, 6.07) is 0. The van der Waals surface area contributed by atoms with E-state index < -0.39 is 17.7 Å². The Bertz CT molecular complexity index is 354. The molecule has 1 amide bonds. The normalized spacial score (nSPS) is 19.9. The number of rotatable bonds is 3. The fourth-order valence-electron chi connectivity index (χ4n) is 1.88. The van der Waals surface area contributed by atoms with Crippen LogP contribution in [0, 0.1) is 5.92 Å². The van der Waals surface area contributed by atoms with Crippen molar-refractivity contribution < 1.29 is 19.4 Å². The quantitative estimate of drug-likeness (QED) is 0.811. The average molecular weight is 255 g/mol. The fourth-order valence-corrected chi connectivity index (χ4v) is 1.88. The molecule has 0 aromatic rings. The summed E-state index contributed by atoms with van der Waals surface area (Å²) < 4.78 is 5.12. The lowest BCUT2D eigenvalue weighted by molar-refractivity contribution is -0.133. The molecule has 0 spiro atoms. The Morgan fingerprint density at radius 1 is 1.50 bits per heavy atom. The number of hydrogen-bond donors (Lipinski definition) is 2. The molecule has 5 heteroatoms. The van der Waals surface area contributed by atoms with Crippen molar-refractivity contribution in [3.05, 3.63) is 11.6 Å². The number of amides is 1. The summed E-state index contributed by atoms with van der Waals surface area (Å²) in [5.41, 5.74) is -0.0692. The van der Waals surface area contributed by atoms with Gasteiger partial charge in [0.15, 0.2) is 0 Å². The number of nitrogens with one attached hydrogen (secondary N) is 1. The number of ether oxygens (including phenoxy) is 1. The van der Waals surface area contributed by atoms with Crippen molar-refractivity contribution in [2.45, 2.75) is 45.6 Å². The highest BCUT2D eigenvalue weighted by Gasteiger charge is 2.21. The minimum absolute atomic E-state index is 0.175. The van der Waals surface area contributed by atoms with Crippen molar-refractivity contribution in [3.8, 4) is 0 Å². The summed E-state index contributed by atoms with van der Waals surface area (Å²) in [7, 11) is 0. The Kier molecular flexibility index (Phi) is 4.76. The Balaban J connectivity index is 2.35. The van der Waals surface area contributed by atoms with Crippen molar-refractivity contribution in [1.29, 1.82) is 0 Å². The predicted molar refractivity (Wildman–Crippen MR) is 67.3 cm³/mol. The number of alkyl carbamates (subject to hydrolysis) is 1. The summed E-state index contributed by atoms with van der Waals surface area (Å²) >= 11 is 0. The van der Waals surface area contributed by atoms with E-state index in [1.54, 1.807) is 26.8 Å². The maximum atomic E-state index is 11.5. The van der Waals surface area contributed by atoms with Crippen LogP contribution in [0.2, 0.25) is 0 Å². The number of carbonyl (C=O) groups excluding carboxylic acids is 1. The van der Waals surface area contributed by atoms with Crippen LogP contribution >= 0.6 is 0 Å². The lowest BCUT2D eigenvalue weighted by Gasteiger charge is -2.23. The van der Waals surface area contributed by atoms with Gasteiger partial charge in [0.05, 0.1) is 0 Å². The van der Waals surface area contributed by atoms with Crippen molar-refractivity contribution in [2.75, 3.05) is 6.54 Å². The topological polar surface area (TPSA) is 75.6 Å². The summed E-state index contributed by atoms with van der Waals surface area (Å²) in [6.07, 6.45) is 3.46. The number of hydrogen-bond acceptors (Lipinski definition) is 3. The van der Waals surface area contributed by atoms with Gasteiger partial charge in [0.2, 0.25) is 0 Å². The fraction of sp³-hybridized carbons (Fsp3) is 0.692. The monoisotopic (exact) mass is 255 g/mol. The number of allylic oxidation sites excluding steroid dienone is 1. The Labute approximate surface area is 107 Å². The first-order chi connectivity index (χ1) is 8.28. The molecule has 1 atom stereocenters. The van der Waals surface area contributed by atoms with Gasteiger partial charge in [-0.15, -0.1) is 0 Å². The highest BCUT2D eigenvalue weighted by molar-refractivity contribution is 5.86. The van der Waals surface area contributed by atoms with Crippen LogP contribution in [0.4, 0.5) is 4.79 Å². The third kappa shape index (κ3) is 5.21. The summed E-state index contributed by atoms with van der Waals surface area (Å²) in [6.45, 7) is 5.87. The van der Waals surface area contributed by atoms with E-state index in [1.165, 1.54) is 0 Å². The largest absolute Gasteiger partial charge is 0.478 e. The van der Waals surface area contributed by atoms with Gasteiger partial charge in [-0.1, -0.05) is 6.08 Å². The van der Waals surface area contributed by atoms with E-state index in [0.717, 1.165) is 12.8 Å². The van der Waals surface area contributed by atoms with Gasteiger partial charge in [-0.2, -0.15) is 0 Å². The zero-order valence-electron chi connectivity index (χ0n) is 11.2. The molecule has 18 heavy (non-hydrogen) atoms. The summed E-state index contributed by atoms with van der Waals surface area (Å²) in [5.74, 6) is -0.689. The second kappa shape index (κ2) is 5.89. The van der Waals surface area contributed by atoms with Crippen LogP contribution in [0.5, 0.6) is 0 Å². The number of carboxylic acid groups (broad SMARTS) is 1. The molecular formula is C13H21NO4. The summed E-state index contributed by atoms with van der Waals surface area (Å²) in [5, 5.41) is 11.6. The van der Waals surface area contributed by atoms with Gasteiger partial charge < -0.3 is 15.2 Å². The second-order valence-corrected chi connectivity index (χ2v) is 5.56. The number of carboxylic acids is 1. The maximum Gasteiger partial charge on any atom is 0.407 e. The lowest BCUT2D eigenvalue weighted by atomic mass is 9.89. The van der Waals surface area contributed by atoms with E-state index >= 15 is 0 Å². The van der Waals surface area contributed by atoms with E-state index in [-0.39, 0.29) is 5.92 Å². The molecule has 1 rings (SSSR count). The van der Waals surface area contributed by atoms with E-state index in [4.69, 9.17) is 9.84 Å². The first-order valence-electron chi connectivity index (χ1n) is 6.17. The Hall–Kier alpha value is -1.52. The lowest BCUT2D eigenvalue weighted by Crippen LogP contribution is -2.36. The minimum atomic E-state index is -0.864. The average Bonchev–Trinajstić information content (AvgIpc) is 2.24. The van der Waals surface area contributed by atoms with Gasteiger partial charge in [0, 0.05) is 12.1 Å². The zero-order valence-corrected chi connectivity index (χ0v) is 11.2. The molecule has 0 unspecified atom stereocenters. The number of carbonyl (C=O) groups is 2. The molecule has 0 heterocycles. The number of aliphatic carboxylic acids is 1. The SMILES string of the molecule is CC(C)(C)OC(=O)NC[C@H]1CCC=C(C(=O)O)C1. The second-order valence-electron chi connectivity index (χ2n) is 5.56. The van der Waals surface area contributed by atoms with Gasteiger partial charge >= 0.3 is 12.1 Å². The molecule has 5 nitrogen and oxygen atoms in total. The smallest absolute Gasteiger partial charge is 0.407 e. The van der Waals surface area contributed by atoms with Crippen molar-refractivity contribution in [1.82, 2.24) is 5.32 Å². The zero-order chi connectivity index (χ0) is 13.8. The molecule has 0 bridgehead atoms. The van der Waals surface area contributed by atoms with Gasteiger partial charge in [-0.05, 0) is 46.0 Å². The maximum absolute atomic E-state index is 11.5. The molecule has 0 fully saturated rings. The van der Waals surface area contributed by atoms with Crippen LogP contribution in [-0.4, -0.2) is 29.3 Å². The van der Waals surface area contributed by atoms with Gasteiger partial charge in [0.25, 0.3) is 0 Å². The van der Waals surface area contributed by atoms with Crippen LogP contribution in [0.3, 0.4) is 0 Å².